The molecule has 0 aliphatic carbocycles. The molecule has 1 aromatic carbocycles. The van der Waals surface area contributed by atoms with Crippen LogP contribution in [0.4, 0.5) is 13.2 Å². The van der Waals surface area contributed by atoms with E-state index < -0.39 is 39.1 Å². The van der Waals surface area contributed by atoms with E-state index in [4.69, 9.17) is 6.42 Å². The standard InChI is InChI=1S/C12H11F3N2O3S/c1-2-6-16-11(18)8-17-21(19,20)10-5-3-4-9(7-10)12(13,14)15/h1,3-5,7,17H,6,8H2,(H,16,18). The van der Waals surface area contributed by atoms with Gasteiger partial charge in [0.05, 0.1) is 23.5 Å². The van der Waals surface area contributed by atoms with Crippen LogP contribution >= 0.6 is 0 Å². The zero-order valence-electron chi connectivity index (χ0n) is 10.6. The van der Waals surface area contributed by atoms with E-state index in [0.29, 0.717) is 6.07 Å². The summed E-state index contributed by atoms with van der Waals surface area (Å²) in [4.78, 5) is 10.6. The predicted octanol–water partition coefficient (Wildman–Crippen LogP) is 0.733. The molecule has 0 aliphatic rings. The van der Waals surface area contributed by atoms with Crippen molar-refractivity contribution in [2.75, 3.05) is 13.1 Å². The van der Waals surface area contributed by atoms with Gasteiger partial charge in [-0.05, 0) is 18.2 Å². The molecule has 5 nitrogen and oxygen atoms in total. The first-order chi connectivity index (χ1) is 9.66. The van der Waals surface area contributed by atoms with Gasteiger partial charge in [0.25, 0.3) is 0 Å². The van der Waals surface area contributed by atoms with Gasteiger partial charge in [-0.15, -0.1) is 6.42 Å². The van der Waals surface area contributed by atoms with Crippen molar-refractivity contribution in [3.8, 4) is 12.3 Å². The van der Waals surface area contributed by atoms with Crippen molar-refractivity contribution in [3.63, 3.8) is 0 Å². The minimum atomic E-state index is -4.66. The minimum Gasteiger partial charge on any atom is -0.344 e. The summed E-state index contributed by atoms with van der Waals surface area (Å²) in [5, 5.41) is 2.21. The van der Waals surface area contributed by atoms with E-state index in [1.807, 2.05) is 4.72 Å². The Hall–Kier alpha value is -2.05. The number of amides is 1. The zero-order chi connectivity index (χ0) is 16.1. The summed E-state index contributed by atoms with van der Waals surface area (Å²) >= 11 is 0. The molecule has 1 rings (SSSR count). The van der Waals surface area contributed by atoms with Crippen LogP contribution in [0.5, 0.6) is 0 Å². The van der Waals surface area contributed by atoms with Crippen LogP contribution in [-0.4, -0.2) is 27.4 Å². The van der Waals surface area contributed by atoms with Gasteiger partial charge in [-0.25, -0.2) is 13.1 Å². The molecule has 2 N–H and O–H groups in total. The van der Waals surface area contributed by atoms with Gasteiger partial charge < -0.3 is 5.32 Å². The summed E-state index contributed by atoms with van der Waals surface area (Å²) in [7, 11) is -4.23. The molecule has 0 atom stereocenters. The van der Waals surface area contributed by atoms with Crippen LogP contribution in [0.2, 0.25) is 0 Å². The summed E-state index contributed by atoms with van der Waals surface area (Å²) in [5.41, 5.74) is -1.10. The van der Waals surface area contributed by atoms with E-state index in [0.717, 1.165) is 18.2 Å². The topological polar surface area (TPSA) is 75.3 Å². The third-order valence-electron chi connectivity index (χ3n) is 2.28. The summed E-state index contributed by atoms with van der Waals surface area (Å²) < 4.78 is 63.0. The van der Waals surface area contributed by atoms with Gasteiger partial charge >= 0.3 is 6.18 Å². The third-order valence-corrected chi connectivity index (χ3v) is 3.68. The second kappa shape index (κ2) is 6.60. The van der Waals surface area contributed by atoms with E-state index in [-0.39, 0.29) is 6.54 Å². The number of nitrogens with one attached hydrogen (secondary N) is 2. The van der Waals surface area contributed by atoms with Crippen molar-refractivity contribution in [1.29, 1.82) is 0 Å². The quantitative estimate of drug-likeness (QED) is 0.786. The average Bonchev–Trinajstić information content (AvgIpc) is 2.42. The molecule has 0 heterocycles. The van der Waals surface area contributed by atoms with Gasteiger partial charge in [0.1, 0.15) is 0 Å². The maximum absolute atomic E-state index is 12.5. The molecule has 0 saturated heterocycles. The number of benzene rings is 1. The van der Waals surface area contributed by atoms with Crippen LogP contribution in [0.25, 0.3) is 0 Å². The highest BCUT2D eigenvalue weighted by Gasteiger charge is 2.31. The number of hydrogen-bond acceptors (Lipinski definition) is 3. The molecule has 21 heavy (non-hydrogen) atoms. The molecule has 0 fully saturated rings. The van der Waals surface area contributed by atoms with Crippen molar-refractivity contribution >= 4 is 15.9 Å². The van der Waals surface area contributed by atoms with Crippen molar-refractivity contribution in [1.82, 2.24) is 10.0 Å². The number of hydrogen-bond donors (Lipinski definition) is 2. The molecule has 0 spiro atoms. The van der Waals surface area contributed by atoms with Crippen molar-refractivity contribution in [2.45, 2.75) is 11.1 Å². The molecule has 9 heteroatoms. The van der Waals surface area contributed by atoms with E-state index in [1.54, 1.807) is 0 Å². The normalized spacial score (nSPS) is 11.7. The van der Waals surface area contributed by atoms with Crippen molar-refractivity contribution < 1.29 is 26.4 Å². The number of sulfonamides is 1. The summed E-state index contributed by atoms with van der Waals surface area (Å²) in [6, 6.07) is 3.20. The number of terminal acetylenes is 1. The summed E-state index contributed by atoms with van der Waals surface area (Å²) in [6.45, 7) is -0.704. The fourth-order valence-electron chi connectivity index (χ4n) is 1.30. The molecule has 0 bridgehead atoms. The van der Waals surface area contributed by atoms with Gasteiger partial charge in [-0.3, -0.25) is 4.79 Å². The maximum Gasteiger partial charge on any atom is 0.416 e. The highest BCUT2D eigenvalue weighted by molar-refractivity contribution is 7.89. The largest absolute Gasteiger partial charge is 0.416 e. The van der Waals surface area contributed by atoms with Crippen LogP contribution in [-0.2, 0) is 21.0 Å². The second-order valence-electron chi connectivity index (χ2n) is 3.83. The Bertz CT molecular complexity index is 663. The lowest BCUT2D eigenvalue weighted by molar-refractivity contribution is -0.137. The second-order valence-corrected chi connectivity index (χ2v) is 5.60. The molecule has 0 saturated carbocycles. The van der Waals surface area contributed by atoms with Crippen LogP contribution in [0.1, 0.15) is 5.56 Å². The Morgan fingerprint density at radius 1 is 1.33 bits per heavy atom. The lowest BCUT2D eigenvalue weighted by atomic mass is 10.2. The van der Waals surface area contributed by atoms with Gasteiger partial charge in [0.2, 0.25) is 15.9 Å². The first-order valence-electron chi connectivity index (χ1n) is 5.54. The molecule has 1 amide bonds. The van der Waals surface area contributed by atoms with Crippen LogP contribution in [0.15, 0.2) is 29.2 Å². The third kappa shape index (κ3) is 5.09. The zero-order valence-corrected chi connectivity index (χ0v) is 11.4. The SMILES string of the molecule is C#CCNC(=O)CNS(=O)(=O)c1cccc(C(F)(F)F)c1. The maximum atomic E-state index is 12.5. The van der Waals surface area contributed by atoms with Crippen molar-refractivity contribution in [3.05, 3.63) is 29.8 Å². The smallest absolute Gasteiger partial charge is 0.344 e. The van der Waals surface area contributed by atoms with E-state index in [9.17, 15) is 26.4 Å². The fourth-order valence-corrected chi connectivity index (χ4v) is 2.32. The van der Waals surface area contributed by atoms with Gasteiger partial charge in [0.15, 0.2) is 0 Å². The predicted molar refractivity (Wildman–Crippen MR) is 68.5 cm³/mol. The van der Waals surface area contributed by atoms with Crippen LogP contribution in [0, 0.1) is 12.3 Å². The van der Waals surface area contributed by atoms with E-state index in [2.05, 4.69) is 11.2 Å². The minimum absolute atomic E-state index is 0.0792. The van der Waals surface area contributed by atoms with Crippen molar-refractivity contribution in [2.24, 2.45) is 0 Å². The first-order valence-corrected chi connectivity index (χ1v) is 7.02. The molecule has 0 unspecified atom stereocenters. The molecule has 0 aromatic heterocycles. The molecule has 0 aliphatic heterocycles. The monoisotopic (exact) mass is 320 g/mol. The summed E-state index contributed by atoms with van der Waals surface area (Å²) in [5.74, 6) is 1.43. The number of halogens is 3. The number of carbonyl (C=O) groups excluding carboxylic acids is 1. The Balaban J connectivity index is 2.84. The van der Waals surface area contributed by atoms with Crippen LogP contribution in [0.3, 0.4) is 0 Å². The van der Waals surface area contributed by atoms with Gasteiger partial charge in [-0.2, -0.15) is 13.2 Å². The van der Waals surface area contributed by atoms with Gasteiger partial charge in [0, 0.05) is 0 Å². The molecule has 0 radical (unpaired) electrons. The Morgan fingerprint density at radius 3 is 2.57 bits per heavy atom. The van der Waals surface area contributed by atoms with E-state index in [1.165, 1.54) is 0 Å². The molecular formula is C12H11F3N2O3S. The Morgan fingerprint density at radius 2 is 2.00 bits per heavy atom. The molecule has 114 valence electrons. The Labute approximate surface area is 119 Å². The molecule has 1 aromatic rings. The van der Waals surface area contributed by atoms with Crippen LogP contribution < -0.4 is 10.0 Å². The van der Waals surface area contributed by atoms with Gasteiger partial charge in [-0.1, -0.05) is 12.0 Å². The number of carbonyl (C=O) groups is 1. The first kappa shape index (κ1) is 17.0. The average molecular weight is 320 g/mol. The highest BCUT2D eigenvalue weighted by atomic mass is 32.2. The lowest BCUT2D eigenvalue weighted by Gasteiger charge is -2.10. The number of alkyl halides is 3. The van der Waals surface area contributed by atoms with E-state index >= 15 is 0 Å². The highest BCUT2D eigenvalue weighted by Crippen LogP contribution is 2.30. The number of rotatable bonds is 5. The Kier molecular flexibility index (Phi) is 5.34. The fraction of sp³-hybridized carbons (Fsp3) is 0.250. The lowest BCUT2D eigenvalue weighted by Crippen LogP contribution is -2.37. The summed E-state index contributed by atoms with van der Waals surface area (Å²) in [6.07, 6.45) is 0.240. The molecular weight excluding hydrogens is 309 g/mol.